The molecule has 1 amide bonds. The monoisotopic (exact) mass is 337 g/mol. The number of amides is 1. The Bertz CT molecular complexity index is 774. The van der Waals surface area contributed by atoms with Crippen LogP contribution in [0.5, 0.6) is 5.75 Å². The van der Waals surface area contributed by atoms with Crippen molar-refractivity contribution in [3.63, 3.8) is 0 Å². The first-order valence-electron chi connectivity index (χ1n) is 7.31. The Balaban J connectivity index is 1.99. The predicted molar refractivity (Wildman–Crippen MR) is 80.8 cm³/mol. The van der Waals surface area contributed by atoms with Crippen molar-refractivity contribution in [2.45, 2.75) is 25.2 Å². The number of ether oxygens (including phenoxy) is 1. The van der Waals surface area contributed by atoms with Crippen molar-refractivity contribution < 1.29 is 27.8 Å². The minimum absolute atomic E-state index is 0.286. The summed E-state index contributed by atoms with van der Waals surface area (Å²) in [6.07, 6.45) is -4.55. The molecule has 24 heavy (non-hydrogen) atoms. The third-order valence-corrected chi connectivity index (χ3v) is 3.95. The molecule has 0 radical (unpaired) electrons. The number of rotatable bonds is 3. The first kappa shape index (κ1) is 16.2. The Morgan fingerprint density at radius 3 is 2.67 bits per heavy atom. The smallest absolute Gasteiger partial charge is 0.465 e. The van der Waals surface area contributed by atoms with Crippen LogP contribution in [0, 0.1) is 0 Å². The fourth-order valence-electron chi connectivity index (χ4n) is 2.99. The Morgan fingerprint density at radius 2 is 1.96 bits per heavy atom. The number of hydrogen-bond acceptors (Lipinski definition) is 2. The molecule has 0 aliphatic heterocycles. The lowest BCUT2D eigenvalue weighted by molar-refractivity contribution is -0.274. The van der Waals surface area contributed by atoms with Gasteiger partial charge in [0.05, 0.1) is 6.04 Å². The van der Waals surface area contributed by atoms with Crippen LogP contribution in [-0.2, 0) is 6.42 Å². The van der Waals surface area contributed by atoms with Gasteiger partial charge in [0.1, 0.15) is 5.75 Å². The van der Waals surface area contributed by atoms with Crippen molar-refractivity contribution in [3.8, 4) is 16.9 Å². The molecule has 0 fully saturated rings. The van der Waals surface area contributed by atoms with E-state index in [0.29, 0.717) is 17.5 Å². The van der Waals surface area contributed by atoms with Crippen LogP contribution in [0.1, 0.15) is 23.6 Å². The number of para-hydroxylation sites is 1. The van der Waals surface area contributed by atoms with Gasteiger partial charge in [-0.3, -0.25) is 0 Å². The summed E-state index contributed by atoms with van der Waals surface area (Å²) in [6, 6.07) is 10.8. The molecule has 1 aliphatic rings. The first-order chi connectivity index (χ1) is 11.3. The summed E-state index contributed by atoms with van der Waals surface area (Å²) in [7, 11) is 0. The summed E-state index contributed by atoms with van der Waals surface area (Å²) >= 11 is 0. The van der Waals surface area contributed by atoms with Gasteiger partial charge in [-0.05, 0) is 41.7 Å². The van der Waals surface area contributed by atoms with Crippen LogP contribution in [0.2, 0.25) is 0 Å². The van der Waals surface area contributed by atoms with Gasteiger partial charge in [0, 0.05) is 5.56 Å². The topological polar surface area (TPSA) is 58.6 Å². The molecule has 0 spiro atoms. The molecule has 2 aromatic carbocycles. The van der Waals surface area contributed by atoms with Gasteiger partial charge in [-0.25, -0.2) is 4.79 Å². The molecule has 0 saturated heterocycles. The van der Waals surface area contributed by atoms with Crippen LogP contribution in [0.25, 0.3) is 11.1 Å². The van der Waals surface area contributed by atoms with Crippen molar-refractivity contribution in [2.75, 3.05) is 0 Å². The molecule has 0 heterocycles. The van der Waals surface area contributed by atoms with E-state index in [9.17, 15) is 18.0 Å². The number of fused-ring (bicyclic) bond motifs is 1. The number of aryl methyl sites for hydroxylation is 1. The Hall–Kier alpha value is -2.70. The molecule has 126 valence electrons. The molecule has 1 aliphatic carbocycles. The summed E-state index contributed by atoms with van der Waals surface area (Å²) < 4.78 is 41.8. The number of carboxylic acid groups (broad SMARTS) is 1. The van der Waals surface area contributed by atoms with Gasteiger partial charge < -0.3 is 15.2 Å². The van der Waals surface area contributed by atoms with E-state index in [1.54, 1.807) is 18.2 Å². The molecule has 7 heteroatoms. The molecule has 4 nitrogen and oxygen atoms in total. The van der Waals surface area contributed by atoms with E-state index >= 15 is 0 Å². The molecule has 1 unspecified atom stereocenters. The van der Waals surface area contributed by atoms with Crippen LogP contribution in [0.3, 0.4) is 0 Å². The number of halogens is 3. The fraction of sp³-hybridized carbons (Fsp3) is 0.235. The largest absolute Gasteiger partial charge is 0.573 e. The average Bonchev–Trinajstić information content (AvgIpc) is 2.88. The maximum absolute atomic E-state index is 12.6. The maximum atomic E-state index is 12.6. The highest BCUT2D eigenvalue weighted by Gasteiger charge is 2.32. The molecule has 1 atom stereocenters. The number of alkyl halides is 3. The second-order valence-corrected chi connectivity index (χ2v) is 5.50. The number of carbonyl (C=O) groups is 1. The zero-order valence-electron chi connectivity index (χ0n) is 12.4. The molecule has 3 rings (SSSR count). The summed E-state index contributed by atoms with van der Waals surface area (Å²) in [5.74, 6) is -0.286. The van der Waals surface area contributed by atoms with Crippen LogP contribution < -0.4 is 10.1 Å². The van der Waals surface area contributed by atoms with Gasteiger partial charge in [-0.2, -0.15) is 0 Å². The number of hydrogen-bond donors (Lipinski definition) is 2. The van der Waals surface area contributed by atoms with Crippen LogP contribution in [-0.4, -0.2) is 17.6 Å². The standard InChI is InChI=1S/C17H14F3NO3/c18-17(19,20)24-15-4-2-1-3-12(15)11-6-5-10-7-8-14(13(10)9-11)21-16(22)23/h1-6,9,14,21H,7-8H2,(H,22,23). The highest BCUT2D eigenvalue weighted by Crippen LogP contribution is 2.38. The van der Waals surface area contributed by atoms with Crippen LogP contribution >= 0.6 is 0 Å². The lowest BCUT2D eigenvalue weighted by Crippen LogP contribution is -2.24. The predicted octanol–water partition coefficient (Wildman–Crippen LogP) is 4.51. The van der Waals surface area contributed by atoms with Crippen molar-refractivity contribution in [1.29, 1.82) is 0 Å². The number of benzene rings is 2. The van der Waals surface area contributed by atoms with Gasteiger partial charge in [0.15, 0.2) is 0 Å². The second kappa shape index (κ2) is 6.07. The molecule has 0 bridgehead atoms. The van der Waals surface area contributed by atoms with Gasteiger partial charge in [0.25, 0.3) is 0 Å². The van der Waals surface area contributed by atoms with Crippen molar-refractivity contribution in [3.05, 3.63) is 53.6 Å². The normalized spacial score (nSPS) is 16.5. The average molecular weight is 337 g/mol. The lowest BCUT2D eigenvalue weighted by atomic mass is 9.98. The van der Waals surface area contributed by atoms with Crippen molar-refractivity contribution in [2.24, 2.45) is 0 Å². The van der Waals surface area contributed by atoms with E-state index in [2.05, 4.69) is 10.1 Å². The van der Waals surface area contributed by atoms with E-state index in [4.69, 9.17) is 5.11 Å². The van der Waals surface area contributed by atoms with Gasteiger partial charge in [-0.15, -0.1) is 13.2 Å². The summed E-state index contributed by atoms with van der Waals surface area (Å²) in [4.78, 5) is 10.9. The number of nitrogens with one attached hydrogen (secondary N) is 1. The Labute approximate surface area is 135 Å². The van der Waals surface area contributed by atoms with Crippen molar-refractivity contribution in [1.82, 2.24) is 5.32 Å². The summed E-state index contributed by atoms with van der Waals surface area (Å²) in [6.45, 7) is 0. The zero-order valence-corrected chi connectivity index (χ0v) is 12.4. The summed E-state index contributed by atoms with van der Waals surface area (Å²) in [5.41, 5.74) is 2.63. The third kappa shape index (κ3) is 3.45. The second-order valence-electron chi connectivity index (χ2n) is 5.50. The highest BCUT2D eigenvalue weighted by atomic mass is 19.4. The molecule has 0 saturated carbocycles. The highest BCUT2D eigenvalue weighted by molar-refractivity contribution is 5.72. The van der Waals surface area contributed by atoms with Gasteiger partial charge >= 0.3 is 12.5 Å². The molecular formula is C17H14F3NO3. The molecule has 2 N–H and O–H groups in total. The van der Waals surface area contributed by atoms with E-state index < -0.39 is 12.5 Å². The van der Waals surface area contributed by atoms with Gasteiger partial charge in [-0.1, -0.05) is 30.3 Å². The molecular weight excluding hydrogens is 323 g/mol. The third-order valence-electron chi connectivity index (χ3n) is 3.95. The lowest BCUT2D eigenvalue weighted by Gasteiger charge is -2.15. The SMILES string of the molecule is O=C(O)NC1CCc2ccc(-c3ccccc3OC(F)(F)F)cc21. The molecule has 0 aromatic heterocycles. The minimum atomic E-state index is -4.78. The van der Waals surface area contributed by atoms with Gasteiger partial charge in [0.2, 0.25) is 0 Å². The maximum Gasteiger partial charge on any atom is 0.573 e. The van der Waals surface area contributed by atoms with E-state index in [0.717, 1.165) is 17.5 Å². The fourth-order valence-corrected chi connectivity index (χ4v) is 2.99. The minimum Gasteiger partial charge on any atom is -0.465 e. The molecule has 2 aromatic rings. The zero-order chi connectivity index (χ0) is 17.3. The quantitative estimate of drug-likeness (QED) is 0.866. The Kier molecular flexibility index (Phi) is 4.09. The van der Waals surface area contributed by atoms with E-state index in [-0.39, 0.29) is 11.8 Å². The van der Waals surface area contributed by atoms with Crippen molar-refractivity contribution >= 4 is 6.09 Å². The Morgan fingerprint density at radius 1 is 1.21 bits per heavy atom. The van der Waals surface area contributed by atoms with Crippen LogP contribution in [0.15, 0.2) is 42.5 Å². The first-order valence-corrected chi connectivity index (χ1v) is 7.31. The summed E-state index contributed by atoms with van der Waals surface area (Å²) in [5, 5.41) is 11.3. The van der Waals surface area contributed by atoms with E-state index in [1.807, 2.05) is 6.07 Å². The van der Waals surface area contributed by atoms with E-state index in [1.165, 1.54) is 18.2 Å². The van der Waals surface area contributed by atoms with Crippen LogP contribution in [0.4, 0.5) is 18.0 Å².